The molecule has 1 aromatic rings. The molecule has 2 saturated heterocycles. The summed E-state index contributed by atoms with van der Waals surface area (Å²) in [4.78, 5) is 2.50. The molecule has 3 rings (SSSR count). The highest BCUT2D eigenvalue weighted by atomic mass is 32.2. The molecule has 1 aromatic carbocycles. The van der Waals surface area contributed by atoms with Crippen molar-refractivity contribution in [2.24, 2.45) is 0 Å². The number of nitrogens with zero attached hydrogens (tertiary/aromatic N) is 1. The molecule has 2 aliphatic heterocycles. The predicted octanol–water partition coefficient (Wildman–Crippen LogP) is 2.68. The van der Waals surface area contributed by atoms with E-state index in [0.717, 1.165) is 30.9 Å². The second kappa shape index (κ2) is 7.41. The first kappa shape index (κ1) is 15.0. The van der Waals surface area contributed by atoms with E-state index in [-0.39, 0.29) is 0 Å². The molecule has 0 spiro atoms. The van der Waals surface area contributed by atoms with Gasteiger partial charge in [0, 0.05) is 53.7 Å². The van der Waals surface area contributed by atoms with Gasteiger partial charge in [-0.2, -0.15) is 0 Å². The molecule has 116 valence electrons. The minimum absolute atomic E-state index is 0.546. The van der Waals surface area contributed by atoms with Gasteiger partial charge in [0.1, 0.15) is 0 Å². The first-order valence-electron chi connectivity index (χ1n) is 8.23. The van der Waals surface area contributed by atoms with Gasteiger partial charge >= 0.3 is 0 Å². The second-order valence-electron chi connectivity index (χ2n) is 6.22. The van der Waals surface area contributed by atoms with E-state index in [4.69, 9.17) is 0 Å². The van der Waals surface area contributed by atoms with E-state index in [1.807, 2.05) is 0 Å². The normalized spacial score (nSPS) is 26.8. The highest BCUT2D eigenvalue weighted by molar-refractivity contribution is 7.85. The van der Waals surface area contributed by atoms with Gasteiger partial charge in [-0.05, 0) is 49.8 Å². The van der Waals surface area contributed by atoms with Crippen molar-refractivity contribution in [3.8, 4) is 0 Å². The number of hydrogen-bond acceptors (Lipinski definition) is 3. The Hall–Kier alpha value is -0.870. The quantitative estimate of drug-likeness (QED) is 0.928. The zero-order valence-corrected chi connectivity index (χ0v) is 13.5. The minimum Gasteiger partial charge on any atom is -0.372 e. The number of piperidine rings is 1. The van der Waals surface area contributed by atoms with Gasteiger partial charge in [0.05, 0.1) is 0 Å². The molecule has 0 atom stereocenters. The fourth-order valence-corrected chi connectivity index (χ4v) is 4.54. The van der Waals surface area contributed by atoms with Crippen LogP contribution in [0.25, 0.3) is 0 Å². The third-order valence-corrected chi connectivity index (χ3v) is 6.02. The molecule has 2 heterocycles. The first-order chi connectivity index (χ1) is 10.3. The van der Waals surface area contributed by atoms with Crippen LogP contribution in [0.3, 0.4) is 0 Å². The largest absolute Gasteiger partial charge is 0.372 e. The maximum Gasteiger partial charge on any atom is 0.0366 e. The second-order valence-corrected chi connectivity index (χ2v) is 7.91. The minimum atomic E-state index is -0.561. The van der Waals surface area contributed by atoms with E-state index >= 15 is 0 Å². The van der Waals surface area contributed by atoms with Gasteiger partial charge in [-0.1, -0.05) is 12.1 Å². The Morgan fingerprint density at radius 1 is 1.05 bits per heavy atom. The number of benzene rings is 1. The molecule has 2 fully saturated rings. The highest BCUT2D eigenvalue weighted by Crippen LogP contribution is 2.20. The summed E-state index contributed by atoms with van der Waals surface area (Å²) in [5.74, 6) is 1.73. The number of hydrogen-bond donors (Lipinski definition) is 1. The van der Waals surface area contributed by atoms with E-state index in [1.54, 1.807) is 0 Å². The van der Waals surface area contributed by atoms with Crippen LogP contribution in [0.5, 0.6) is 0 Å². The van der Waals surface area contributed by atoms with Crippen molar-refractivity contribution in [1.29, 1.82) is 0 Å². The average molecular weight is 306 g/mol. The molecule has 0 aromatic heterocycles. The Morgan fingerprint density at radius 2 is 1.71 bits per heavy atom. The van der Waals surface area contributed by atoms with E-state index in [0.29, 0.717) is 6.04 Å². The summed E-state index contributed by atoms with van der Waals surface area (Å²) in [7, 11) is -0.561. The Balaban J connectivity index is 1.49. The molecule has 0 radical (unpaired) electrons. The van der Waals surface area contributed by atoms with Crippen LogP contribution in [0.2, 0.25) is 0 Å². The molecule has 0 amide bonds. The topological polar surface area (TPSA) is 32.3 Å². The fraction of sp³-hybridized carbons (Fsp3) is 0.647. The summed E-state index contributed by atoms with van der Waals surface area (Å²) in [6, 6.07) is 9.57. The lowest BCUT2D eigenvalue weighted by Gasteiger charge is -2.29. The molecule has 21 heavy (non-hydrogen) atoms. The Kier molecular flexibility index (Phi) is 5.31. The zero-order chi connectivity index (χ0) is 14.5. The van der Waals surface area contributed by atoms with Gasteiger partial charge in [-0.15, -0.1) is 0 Å². The summed E-state index contributed by atoms with van der Waals surface area (Å²) in [6.07, 6.45) is 6.14. The van der Waals surface area contributed by atoms with E-state index in [1.165, 1.54) is 43.6 Å². The summed E-state index contributed by atoms with van der Waals surface area (Å²) in [5.41, 5.74) is 2.72. The van der Waals surface area contributed by atoms with Crippen LogP contribution >= 0.6 is 0 Å². The summed E-state index contributed by atoms with van der Waals surface area (Å²) in [5, 5.41) is 3.61. The standard InChI is InChI=1S/C17H26N2OS/c20-21-12-8-16(9-13-21)18-14-15-4-6-17(7-5-15)19-10-2-1-3-11-19/h4-7,16,18H,1-3,8-14H2. The van der Waals surface area contributed by atoms with Crippen molar-refractivity contribution in [2.45, 2.75) is 44.7 Å². The molecular weight excluding hydrogens is 280 g/mol. The molecule has 0 bridgehead atoms. The molecule has 1 N–H and O–H groups in total. The van der Waals surface area contributed by atoms with Crippen LogP contribution in [-0.4, -0.2) is 34.8 Å². The van der Waals surface area contributed by atoms with Crippen molar-refractivity contribution in [3.63, 3.8) is 0 Å². The van der Waals surface area contributed by atoms with Gasteiger partial charge in [0.15, 0.2) is 0 Å². The third-order valence-electron chi connectivity index (χ3n) is 4.64. The lowest BCUT2D eigenvalue weighted by Crippen LogP contribution is -2.35. The van der Waals surface area contributed by atoms with E-state index < -0.39 is 10.8 Å². The number of nitrogens with one attached hydrogen (secondary N) is 1. The van der Waals surface area contributed by atoms with Crippen LogP contribution in [0.4, 0.5) is 5.69 Å². The third kappa shape index (κ3) is 4.30. The van der Waals surface area contributed by atoms with Crippen molar-refractivity contribution >= 4 is 16.5 Å². The Bertz CT molecular complexity index is 458. The molecule has 3 nitrogen and oxygen atoms in total. The van der Waals surface area contributed by atoms with Crippen LogP contribution < -0.4 is 10.2 Å². The summed E-state index contributed by atoms with van der Waals surface area (Å²) < 4.78 is 11.3. The summed E-state index contributed by atoms with van der Waals surface area (Å²) in [6.45, 7) is 3.34. The fourth-order valence-electron chi connectivity index (χ4n) is 3.24. The smallest absolute Gasteiger partial charge is 0.0366 e. The maximum atomic E-state index is 11.3. The van der Waals surface area contributed by atoms with E-state index in [9.17, 15) is 4.21 Å². The van der Waals surface area contributed by atoms with Crippen molar-refractivity contribution in [3.05, 3.63) is 29.8 Å². The van der Waals surface area contributed by atoms with Crippen molar-refractivity contribution in [2.75, 3.05) is 29.5 Å². The van der Waals surface area contributed by atoms with Gasteiger partial charge in [-0.25, -0.2) is 0 Å². The lowest BCUT2D eigenvalue weighted by atomic mass is 10.1. The Labute approximate surface area is 130 Å². The SMILES string of the molecule is O=S1CCC(NCc2ccc(N3CCCCC3)cc2)CC1. The summed E-state index contributed by atoms with van der Waals surface area (Å²) >= 11 is 0. The average Bonchev–Trinajstić information content (AvgIpc) is 2.56. The van der Waals surface area contributed by atoms with Crippen LogP contribution in [0.1, 0.15) is 37.7 Å². The lowest BCUT2D eigenvalue weighted by molar-refractivity contribution is 0.475. The number of rotatable bonds is 4. The van der Waals surface area contributed by atoms with Gasteiger partial charge < -0.3 is 10.2 Å². The molecular formula is C17H26N2OS. The van der Waals surface area contributed by atoms with Crippen LogP contribution in [0, 0.1) is 0 Å². The first-order valence-corrected chi connectivity index (χ1v) is 9.72. The van der Waals surface area contributed by atoms with Crippen LogP contribution in [-0.2, 0) is 17.3 Å². The molecule has 4 heteroatoms. The monoisotopic (exact) mass is 306 g/mol. The maximum absolute atomic E-state index is 11.3. The highest BCUT2D eigenvalue weighted by Gasteiger charge is 2.17. The predicted molar refractivity (Wildman–Crippen MR) is 90.2 cm³/mol. The molecule has 2 aliphatic rings. The van der Waals surface area contributed by atoms with Gasteiger partial charge in [0.2, 0.25) is 0 Å². The zero-order valence-electron chi connectivity index (χ0n) is 12.7. The van der Waals surface area contributed by atoms with Crippen molar-refractivity contribution < 1.29 is 4.21 Å². The van der Waals surface area contributed by atoms with Crippen molar-refractivity contribution in [1.82, 2.24) is 5.32 Å². The molecule has 0 unspecified atom stereocenters. The van der Waals surface area contributed by atoms with Gasteiger partial charge in [-0.3, -0.25) is 4.21 Å². The molecule has 0 aliphatic carbocycles. The van der Waals surface area contributed by atoms with Crippen LogP contribution in [0.15, 0.2) is 24.3 Å². The molecule has 0 saturated carbocycles. The Morgan fingerprint density at radius 3 is 2.38 bits per heavy atom. The van der Waals surface area contributed by atoms with Gasteiger partial charge in [0.25, 0.3) is 0 Å². The number of anilines is 1. The van der Waals surface area contributed by atoms with E-state index in [2.05, 4.69) is 34.5 Å².